The van der Waals surface area contributed by atoms with Gasteiger partial charge in [0, 0.05) is 21.9 Å². The van der Waals surface area contributed by atoms with Crippen molar-refractivity contribution in [2.75, 3.05) is 12.4 Å². The van der Waals surface area contributed by atoms with E-state index in [1.54, 1.807) is 0 Å². The minimum Gasteiger partial charge on any atom is -0.436 e. The average molecular weight is 350 g/mol. The lowest BCUT2D eigenvalue weighted by Gasteiger charge is -1.96. The summed E-state index contributed by atoms with van der Waals surface area (Å²) >= 11 is 2.28. The monoisotopic (exact) mass is 350 g/mol. The Labute approximate surface area is 118 Å². The zero-order valence-electron chi connectivity index (χ0n) is 9.77. The number of benzene rings is 2. The summed E-state index contributed by atoms with van der Waals surface area (Å²) in [4.78, 5) is 4.52. The number of nitrogens with one attached hydrogen (secondary N) is 1. The number of hydrogen-bond acceptors (Lipinski definition) is 3. The first-order valence-electron chi connectivity index (χ1n) is 5.60. The van der Waals surface area contributed by atoms with Gasteiger partial charge in [-0.2, -0.15) is 0 Å². The number of aromatic nitrogens is 1. The topological polar surface area (TPSA) is 38.1 Å². The molecule has 1 heterocycles. The van der Waals surface area contributed by atoms with E-state index in [9.17, 15) is 0 Å². The molecule has 3 rings (SSSR count). The van der Waals surface area contributed by atoms with Gasteiger partial charge in [0.25, 0.3) is 0 Å². The molecule has 0 saturated heterocycles. The molecule has 0 saturated carbocycles. The summed E-state index contributed by atoms with van der Waals surface area (Å²) in [7, 11) is 1.89. The fourth-order valence-electron chi connectivity index (χ4n) is 1.83. The molecular formula is C14H11IN2O. The molecule has 1 aromatic heterocycles. The Balaban J connectivity index is 2.13. The lowest BCUT2D eigenvalue weighted by Crippen LogP contribution is -1.86. The molecule has 1 N–H and O–H groups in total. The molecular weight excluding hydrogens is 339 g/mol. The predicted octanol–water partition coefficient (Wildman–Crippen LogP) is 4.14. The Morgan fingerprint density at radius 3 is 2.83 bits per heavy atom. The number of anilines is 1. The van der Waals surface area contributed by atoms with E-state index in [1.807, 2.05) is 43.4 Å². The molecule has 4 heteroatoms. The first-order valence-corrected chi connectivity index (χ1v) is 6.68. The summed E-state index contributed by atoms with van der Waals surface area (Å²) in [6.07, 6.45) is 0. The van der Waals surface area contributed by atoms with Crippen LogP contribution in [0.1, 0.15) is 0 Å². The van der Waals surface area contributed by atoms with Crippen LogP contribution in [-0.2, 0) is 0 Å². The molecule has 90 valence electrons. The summed E-state index contributed by atoms with van der Waals surface area (Å²) in [6.45, 7) is 0. The highest BCUT2D eigenvalue weighted by molar-refractivity contribution is 14.1. The van der Waals surface area contributed by atoms with Crippen molar-refractivity contribution in [2.45, 2.75) is 0 Å². The van der Waals surface area contributed by atoms with E-state index in [-0.39, 0.29) is 0 Å². The number of rotatable bonds is 2. The van der Waals surface area contributed by atoms with E-state index in [0.29, 0.717) is 5.89 Å². The highest BCUT2D eigenvalue weighted by Crippen LogP contribution is 2.26. The van der Waals surface area contributed by atoms with Crippen LogP contribution >= 0.6 is 22.6 Å². The zero-order valence-corrected chi connectivity index (χ0v) is 11.9. The number of nitrogens with zero attached hydrogens (tertiary/aromatic N) is 1. The molecule has 0 aliphatic rings. The molecule has 0 aliphatic carbocycles. The first-order chi connectivity index (χ1) is 8.76. The van der Waals surface area contributed by atoms with Gasteiger partial charge < -0.3 is 9.73 Å². The second kappa shape index (κ2) is 4.61. The normalized spacial score (nSPS) is 10.8. The van der Waals surface area contributed by atoms with Gasteiger partial charge in [-0.1, -0.05) is 6.07 Å². The Kier molecular flexibility index (Phi) is 2.95. The lowest BCUT2D eigenvalue weighted by molar-refractivity contribution is 0.620. The largest absolute Gasteiger partial charge is 0.436 e. The molecule has 0 amide bonds. The van der Waals surface area contributed by atoms with Gasteiger partial charge in [-0.3, -0.25) is 0 Å². The van der Waals surface area contributed by atoms with Crippen LogP contribution in [0.2, 0.25) is 0 Å². The maximum atomic E-state index is 5.77. The van der Waals surface area contributed by atoms with Gasteiger partial charge >= 0.3 is 0 Å². The molecule has 0 atom stereocenters. The highest BCUT2D eigenvalue weighted by Gasteiger charge is 2.08. The molecule has 0 unspecified atom stereocenters. The predicted molar refractivity (Wildman–Crippen MR) is 81.7 cm³/mol. The van der Waals surface area contributed by atoms with Crippen molar-refractivity contribution in [2.24, 2.45) is 0 Å². The zero-order chi connectivity index (χ0) is 12.5. The molecule has 0 radical (unpaired) electrons. The van der Waals surface area contributed by atoms with Crippen LogP contribution in [0.4, 0.5) is 5.69 Å². The molecule has 0 aliphatic heterocycles. The number of hydrogen-bond donors (Lipinski definition) is 1. The minimum atomic E-state index is 0.664. The standard InChI is InChI=1S/C14H11IN2O/c1-16-11-5-6-13-12(8-11)17-14(18-13)9-3-2-4-10(15)7-9/h2-8,16H,1H3. The van der Waals surface area contributed by atoms with Gasteiger partial charge in [0.1, 0.15) is 5.52 Å². The van der Waals surface area contributed by atoms with Gasteiger partial charge in [-0.25, -0.2) is 4.98 Å². The summed E-state index contributed by atoms with van der Waals surface area (Å²) in [5.74, 6) is 0.664. The van der Waals surface area contributed by atoms with Crippen molar-refractivity contribution >= 4 is 39.4 Å². The SMILES string of the molecule is CNc1ccc2oc(-c3cccc(I)c3)nc2c1. The molecule has 0 fully saturated rings. The van der Waals surface area contributed by atoms with E-state index in [2.05, 4.69) is 39.0 Å². The highest BCUT2D eigenvalue weighted by atomic mass is 127. The van der Waals surface area contributed by atoms with E-state index < -0.39 is 0 Å². The van der Waals surface area contributed by atoms with Gasteiger partial charge in [0.15, 0.2) is 5.58 Å². The molecule has 18 heavy (non-hydrogen) atoms. The second-order valence-corrected chi connectivity index (χ2v) is 5.21. The molecule has 0 bridgehead atoms. The Hall–Kier alpha value is -1.56. The molecule has 2 aromatic carbocycles. The van der Waals surface area contributed by atoms with Crippen molar-refractivity contribution in [1.82, 2.24) is 4.98 Å². The van der Waals surface area contributed by atoms with Crippen LogP contribution in [0.3, 0.4) is 0 Å². The quantitative estimate of drug-likeness (QED) is 0.706. The molecule has 0 spiro atoms. The fourth-order valence-corrected chi connectivity index (χ4v) is 2.37. The van der Waals surface area contributed by atoms with Crippen LogP contribution in [0, 0.1) is 3.57 Å². The third kappa shape index (κ3) is 2.08. The maximum Gasteiger partial charge on any atom is 0.227 e. The van der Waals surface area contributed by atoms with Crippen LogP contribution in [0.15, 0.2) is 46.9 Å². The van der Waals surface area contributed by atoms with Gasteiger partial charge in [-0.15, -0.1) is 0 Å². The van der Waals surface area contributed by atoms with Crippen LogP contribution in [-0.4, -0.2) is 12.0 Å². The summed E-state index contributed by atoms with van der Waals surface area (Å²) in [5.41, 5.74) is 3.72. The van der Waals surface area contributed by atoms with Gasteiger partial charge in [0.2, 0.25) is 5.89 Å². The smallest absolute Gasteiger partial charge is 0.227 e. The van der Waals surface area contributed by atoms with E-state index in [4.69, 9.17) is 4.42 Å². The summed E-state index contributed by atoms with van der Waals surface area (Å²) in [6, 6.07) is 14.0. The van der Waals surface area contributed by atoms with Crippen molar-refractivity contribution in [3.05, 3.63) is 46.0 Å². The number of oxazole rings is 1. The number of fused-ring (bicyclic) bond motifs is 1. The Bertz CT molecular complexity index is 706. The molecule has 3 nitrogen and oxygen atoms in total. The van der Waals surface area contributed by atoms with E-state index in [0.717, 1.165) is 22.4 Å². The second-order valence-electron chi connectivity index (χ2n) is 3.96. The Morgan fingerprint density at radius 2 is 2.06 bits per heavy atom. The van der Waals surface area contributed by atoms with Crippen molar-refractivity contribution < 1.29 is 4.42 Å². The Morgan fingerprint density at radius 1 is 1.17 bits per heavy atom. The van der Waals surface area contributed by atoms with Gasteiger partial charge in [0.05, 0.1) is 0 Å². The first kappa shape index (κ1) is 11.5. The summed E-state index contributed by atoms with van der Waals surface area (Å²) < 4.78 is 6.94. The van der Waals surface area contributed by atoms with Crippen molar-refractivity contribution in [3.63, 3.8) is 0 Å². The summed E-state index contributed by atoms with van der Waals surface area (Å²) in [5, 5.41) is 3.09. The van der Waals surface area contributed by atoms with E-state index in [1.165, 1.54) is 3.57 Å². The van der Waals surface area contributed by atoms with Crippen molar-refractivity contribution in [1.29, 1.82) is 0 Å². The average Bonchev–Trinajstić information content (AvgIpc) is 2.81. The van der Waals surface area contributed by atoms with E-state index >= 15 is 0 Å². The van der Waals surface area contributed by atoms with Crippen LogP contribution in [0.5, 0.6) is 0 Å². The lowest BCUT2D eigenvalue weighted by atomic mass is 10.2. The van der Waals surface area contributed by atoms with Crippen LogP contribution in [0.25, 0.3) is 22.6 Å². The van der Waals surface area contributed by atoms with Crippen LogP contribution < -0.4 is 5.32 Å². The maximum absolute atomic E-state index is 5.77. The third-order valence-electron chi connectivity index (χ3n) is 2.75. The minimum absolute atomic E-state index is 0.664. The number of halogens is 1. The van der Waals surface area contributed by atoms with Gasteiger partial charge in [-0.05, 0) is 59.0 Å². The fraction of sp³-hybridized carbons (Fsp3) is 0.0714. The third-order valence-corrected chi connectivity index (χ3v) is 3.42. The van der Waals surface area contributed by atoms with Crippen molar-refractivity contribution in [3.8, 4) is 11.5 Å². The molecule has 3 aromatic rings.